The Hall–Kier alpha value is -1.45. The molecule has 13 heavy (non-hydrogen) atoms. The van der Waals surface area contributed by atoms with Crippen LogP contribution in [-0.4, -0.2) is 10.4 Å². The standard InChI is InChI=1S/C9H10FNO2/c1-7(12)4-5-11-6-8(10)2-3-9(11)13/h2-3,6H,4-5H2,1H3. The average Bonchev–Trinajstić information content (AvgIpc) is 2.06. The highest BCUT2D eigenvalue weighted by molar-refractivity contribution is 5.75. The van der Waals surface area contributed by atoms with Crippen molar-refractivity contribution in [2.24, 2.45) is 0 Å². The smallest absolute Gasteiger partial charge is 0.250 e. The van der Waals surface area contributed by atoms with Gasteiger partial charge in [-0.15, -0.1) is 0 Å². The van der Waals surface area contributed by atoms with Gasteiger partial charge in [0.15, 0.2) is 0 Å². The van der Waals surface area contributed by atoms with Gasteiger partial charge in [0.1, 0.15) is 11.6 Å². The van der Waals surface area contributed by atoms with Crippen LogP contribution in [0.15, 0.2) is 23.1 Å². The maximum atomic E-state index is 12.6. The Kier molecular flexibility index (Phi) is 2.95. The van der Waals surface area contributed by atoms with Crippen molar-refractivity contribution in [3.05, 3.63) is 34.5 Å². The van der Waals surface area contributed by atoms with E-state index in [9.17, 15) is 14.0 Å². The van der Waals surface area contributed by atoms with Gasteiger partial charge in [0.05, 0.1) is 0 Å². The second-order valence-electron chi connectivity index (χ2n) is 2.83. The van der Waals surface area contributed by atoms with Crippen LogP contribution < -0.4 is 5.56 Å². The average molecular weight is 183 g/mol. The van der Waals surface area contributed by atoms with E-state index in [0.717, 1.165) is 18.3 Å². The molecule has 1 rings (SSSR count). The summed E-state index contributed by atoms with van der Waals surface area (Å²) in [6.45, 7) is 1.68. The van der Waals surface area contributed by atoms with Gasteiger partial charge in [0.25, 0.3) is 5.56 Å². The summed E-state index contributed by atoms with van der Waals surface area (Å²) in [7, 11) is 0. The first-order chi connectivity index (χ1) is 6.09. The largest absolute Gasteiger partial charge is 0.312 e. The van der Waals surface area contributed by atoms with E-state index in [1.54, 1.807) is 0 Å². The fourth-order valence-electron chi connectivity index (χ4n) is 0.955. The number of halogens is 1. The van der Waals surface area contributed by atoms with E-state index in [1.807, 2.05) is 0 Å². The van der Waals surface area contributed by atoms with Gasteiger partial charge in [0.2, 0.25) is 0 Å². The number of aromatic nitrogens is 1. The second kappa shape index (κ2) is 3.98. The summed E-state index contributed by atoms with van der Waals surface area (Å²) in [6, 6.07) is 2.25. The monoisotopic (exact) mass is 183 g/mol. The Morgan fingerprint density at radius 3 is 2.85 bits per heavy atom. The first kappa shape index (κ1) is 9.64. The highest BCUT2D eigenvalue weighted by atomic mass is 19.1. The first-order valence-corrected chi connectivity index (χ1v) is 3.95. The Balaban J connectivity index is 2.82. The number of Topliss-reactive ketones (excluding diaryl/α,β-unsaturated/α-hetero) is 1. The van der Waals surface area contributed by atoms with Crippen LogP contribution in [-0.2, 0) is 11.3 Å². The number of aryl methyl sites for hydroxylation is 1. The molecule has 0 saturated heterocycles. The Morgan fingerprint density at radius 2 is 2.23 bits per heavy atom. The maximum Gasteiger partial charge on any atom is 0.250 e. The third kappa shape index (κ3) is 2.82. The van der Waals surface area contributed by atoms with Gasteiger partial charge in [-0.25, -0.2) is 4.39 Å². The van der Waals surface area contributed by atoms with Gasteiger partial charge in [-0.1, -0.05) is 0 Å². The summed E-state index contributed by atoms with van der Waals surface area (Å²) >= 11 is 0. The molecule has 0 fully saturated rings. The lowest BCUT2D eigenvalue weighted by Crippen LogP contribution is -2.19. The summed E-state index contributed by atoms with van der Waals surface area (Å²) in [6.07, 6.45) is 1.36. The van der Waals surface area contributed by atoms with Gasteiger partial charge in [0, 0.05) is 25.2 Å². The minimum Gasteiger partial charge on any atom is -0.312 e. The third-order valence-electron chi connectivity index (χ3n) is 1.65. The molecule has 0 saturated carbocycles. The van der Waals surface area contributed by atoms with Crippen LogP contribution in [0.2, 0.25) is 0 Å². The predicted molar refractivity (Wildman–Crippen MR) is 46.0 cm³/mol. The van der Waals surface area contributed by atoms with E-state index in [1.165, 1.54) is 11.5 Å². The molecule has 0 aliphatic carbocycles. The second-order valence-corrected chi connectivity index (χ2v) is 2.83. The molecule has 0 aliphatic rings. The molecule has 0 unspecified atom stereocenters. The molecular weight excluding hydrogens is 173 g/mol. The summed E-state index contributed by atoms with van der Waals surface area (Å²) < 4.78 is 13.8. The lowest BCUT2D eigenvalue weighted by molar-refractivity contribution is -0.117. The number of hydrogen-bond acceptors (Lipinski definition) is 2. The zero-order valence-electron chi connectivity index (χ0n) is 7.29. The molecule has 4 heteroatoms. The zero-order chi connectivity index (χ0) is 9.84. The number of carbonyl (C=O) groups excluding carboxylic acids is 1. The van der Waals surface area contributed by atoms with Gasteiger partial charge < -0.3 is 4.57 Å². The van der Waals surface area contributed by atoms with Crippen LogP contribution in [0, 0.1) is 5.82 Å². The quantitative estimate of drug-likeness (QED) is 0.700. The van der Waals surface area contributed by atoms with Crippen LogP contribution in [0.4, 0.5) is 4.39 Å². The minimum absolute atomic E-state index is 0.0174. The zero-order valence-corrected chi connectivity index (χ0v) is 7.29. The van der Waals surface area contributed by atoms with Crippen LogP contribution >= 0.6 is 0 Å². The van der Waals surface area contributed by atoms with E-state index in [4.69, 9.17) is 0 Å². The van der Waals surface area contributed by atoms with Gasteiger partial charge in [-0.05, 0) is 13.0 Å². The van der Waals surface area contributed by atoms with Crippen molar-refractivity contribution in [3.63, 3.8) is 0 Å². The minimum atomic E-state index is -0.469. The third-order valence-corrected chi connectivity index (χ3v) is 1.65. The molecule has 3 nitrogen and oxygen atoms in total. The number of ketones is 1. The Bertz CT molecular complexity index is 370. The summed E-state index contributed by atoms with van der Waals surface area (Å²) in [5.74, 6) is -0.487. The van der Waals surface area contributed by atoms with Gasteiger partial charge in [-0.3, -0.25) is 9.59 Å². The van der Waals surface area contributed by atoms with E-state index in [0.29, 0.717) is 0 Å². The molecule has 0 radical (unpaired) electrons. The van der Waals surface area contributed by atoms with Crippen molar-refractivity contribution in [1.82, 2.24) is 4.57 Å². The van der Waals surface area contributed by atoms with Crippen LogP contribution in [0.25, 0.3) is 0 Å². The van der Waals surface area contributed by atoms with E-state index in [-0.39, 0.29) is 24.3 Å². The topological polar surface area (TPSA) is 39.1 Å². The van der Waals surface area contributed by atoms with Gasteiger partial charge in [-0.2, -0.15) is 0 Å². The van der Waals surface area contributed by atoms with Crippen molar-refractivity contribution in [2.75, 3.05) is 0 Å². The lowest BCUT2D eigenvalue weighted by atomic mass is 10.3. The van der Waals surface area contributed by atoms with Crippen molar-refractivity contribution >= 4 is 5.78 Å². The van der Waals surface area contributed by atoms with Crippen molar-refractivity contribution in [1.29, 1.82) is 0 Å². The number of rotatable bonds is 3. The molecule has 0 atom stereocenters. The highest BCUT2D eigenvalue weighted by Crippen LogP contribution is 1.93. The summed E-state index contributed by atoms with van der Waals surface area (Å²) in [4.78, 5) is 21.7. The highest BCUT2D eigenvalue weighted by Gasteiger charge is 1.99. The van der Waals surface area contributed by atoms with E-state index in [2.05, 4.69) is 0 Å². The van der Waals surface area contributed by atoms with Gasteiger partial charge >= 0.3 is 0 Å². The van der Waals surface area contributed by atoms with E-state index < -0.39 is 5.82 Å². The van der Waals surface area contributed by atoms with Crippen LogP contribution in [0.5, 0.6) is 0 Å². The molecule has 70 valence electrons. The molecule has 1 aromatic heterocycles. The lowest BCUT2D eigenvalue weighted by Gasteiger charge is -2.02. The fraction of sp³-hybridized carbons (Fsp3) is 0.333. The van der Waals surface area contributed by atoms with Crippen molar-refractivity contribution in [3.8, 4) is 0 Å². The molecule has 0 aromatic carbocycles. The molecular formula is C9H10FNO2. The Labute approximate surface area is 74.8 Å². The van der Waals surface area contributed by atoms with E-state index >= 15 is 0 Å². The molecule has 0 amide bonds. The Morgan fingerprint density at radius 1 is 1.54 bits per heavy atom. The number of carbonyl (C=O) groups is 1. The normalized spacial score (nSPS) is 10.0. The first-order valence-electron chi connectivity index (χ1n) is 3.95. The SMILES string of the molecule is CC(=O)CCn1cc(F)ccc1=O. The fourth-order valence-corrected chi connectivity index (χ4v) is 0.955. The summed E-state index contributed by atoms with van der Waals surface area (Å²) in [5, 5.41) is 0. The molecule has 0 bridgehead atoms. The van der Waals surface area contributed by atoms with Crippen LogP contribution in [0.3, 0.4) is 0 Å². The molecule has 1 heterocycles. The van der Waals surface area contributed by atoms with Crippen LogP contribution in [0.1, 0.15) is 13.3 Å². The predicted octanol–water partition coefficient (Wildman–Crippen LogP) is 0.967. The maximum absolute atomic E-state index is 12.6. The molecule has 1 aromatic rings. The molecule has 0 aliphatic heterocycles. The number of pyridine rings is 1. The molecule has 0 spiro atoms. The number of hydrogen-bond donors (Lipinski definition) is 0. The van der Waals surface area contributed by atoms with Crippen molar-refractivity contribution < 1.29 is 9.18 Å². The van der Waals surface area contributed by atoms with Crippen molar-refractivity contribution in [2.45, 2.75) is 19.9 Å². The number of nitrogens with zero attached hydrogens (tertiary/aromatic N) is 1. The summed E-state index contributed by atoms with van der Waals surface area (Å²) in [5.41, 5.74) is -0.289. The molecule has 0 N–H and O–H groups in total.